The van der Waals surface area contributed by atoms with Gasteiger partial charge >= 0.3 is 0 Å². The second-order valence-electron chi connectivity index (χ2n) is 2.89. The first-order chi connectivity index (χ1) is 7.11. The van der Waals surface area contributed by atoms with E-state index in [0.717, 1.165) is 0 Å². The van der Waals surface area contributed by atoms with Gasteiger partial charge in [-0.3, -0.25) is 0 Å². The highest BCUT2D eigenvalue weighted by atomic mass is 35.5. The molecule has 2 heterocycles. The van der Waals surface area contributed by atoms with Gasteiger partial charge in [0.2, 0.25) is 0 Å². The Balaban J connectivity index is 2.80. The zero-order valence-corrected chi connectivity index (χ0v) is 9.27. The molecule has 0 aliphatic heterocycles. The van der Waals surface area contributed by atoms with Crippen LogP contribution < -0.4 is 10.6 Å². The molecule has 3 nitrogen and oxygen atoms in total. The van der Waals surface area contributed by atoms with Crippen LogP contribution in [0.15, 0.2) is 11.6 Å². The van der Waals surface area contributed by atoms with E-state index in [9.17, 15) is 5.11 Å². The van der Waals surface area contributed by atoms with Gasteiger partial charge in [-0.1, -0.05) is 24.8 Å². The van der Waals surface area contributed by atoms with E-state index < -0.39 is 0 Å². The first-order valence-electron chi connectivity index (χ1n) is 4.07. The first kappa shape index (κ1) is 10.1. The minimum Gasteiger partial charge on any atom is -0.504 e. The van der Waals surface area contributed by atoms with Crippen molar-refractivity contribution in [1.82, 2.24) is 9.97 Å². The Morgan fingerprint density at radius 1 is 1.40 bits per heavy atom. The number of nitrogens with zero attached hydrogens (tertiary/aromatic N) is 2. The van der Waals surface area contributed by atoms with Crippen LogP contribution in [0.3, 0.4) is 0 Å². The number of aromatic nitrogens is 2. The van der Waals surface area contributed by atoms with Gasteiger partial charge in [0.05, 0.1) is 10.4 Å². The molecular weight excluding hydrogens is 232 g/mol. The maximum absolute atomic E-state index is 9.78. The van der Waals surface area contributed by atoms with Gasteiger partial charge in [-0.05, 0) is 0 Å². The Kier molecular flexibility index (Phi) is 2.46. The smallest absolute Gasteiger partial charge is 0.163 e. The molecule has 0 aliphatic carbocycles. The molecule has 2 aromatic rings. The average Bonchev–Trinajstić information content (AvgIpc) is 2.73. The fourth-order valence-electron chi connectivity index (χ4n) is 1.12. The van der Waals surface area contributed by atoms with Crippen LogP contribution in [-0.2, 0) is 0 Å². The molecule has 2 aromatic heterocycles. The van der Waals surface area contributed by atoms with Crippen molar-refractivity contribution < 1.29 is 5.11 Å². The van der Waals surface area contributed by atoms with Crippen LogP contribution in [0.4, 0.5) is 0 Å². The van der Waals surface area contributed by atoms with Crippen LogP contribution in [0.1, 0.15) is 0 Å². The number of thiazole rings is 1. The van der Waals surface area contributed by atoms with Gasteiger partial charge < -0.3 is 5.11 Å². The van der Waals surface area contributed by atoms with Crippen molar-refractivity contribution in [2.75, 3.05) is 0 Å². The minimum absolute atomic E-state index is 0.0935. The van der Waals surface area contributed by atoms with Gasteiger partial charge in [-0.2, -0.15) is 0 Å². The molecule has 0 saturated carbocycles. The second-order valence-corrected chi connectivity index (χ2v) is 4.16. The summed E-state index contributed by atoms with van der Waals surface area (Å²) in [5, 5.41) is 13.3. The molecule has 0 spiro atoms. The van der Waals surface area contributed by atoms with Gasteiger partial charge in [0.1, 0.15) is 10.7 Å². The highest BCUT2D eigenvalue weighted by Crippen LogP contribution is 2.30. The molecule has 0 fully saturated rings. The molecule has 76 valence electrons. The Morgan fingerprint density at radius 2 is 2.13 bits per heavy atom. The SMILES string of the molecule is C=c1nc(-c2nccs2)c(O)c(Cl)c1=C. The van der Waals surface area contributed by atoms with Gasteiger partial charge in [0, 0.05) is 16.8 Å². The molecule has 0 radical (unpaired) electrons. The fraction of sp³-hybridized carbons (Fsp3) is 0. The van der Waals surface area contributed by atoms with Crippen LogP contribution in [-0.4, -0.2) is 15.1 Å². The molecule has 0 aliphatic rings. The summed E-state index contributed by atoms with van der Waals surface area (Å²) in [5.41, 5.74) is 0.354. The van der Waals surface area contributed by atoms with Gasteiger partial charge in [-0.25, -0.2) is 9.97 Å². The monoisotopic (exact) mass is 238 g/mol. The lowest BCUT2D eigenvalue weighted by Gasteiger charge is -2.02. The molecule has 0 bridgehead atoms. The highest BCUT2D eigenvalue weighted by Gasteiger charge is 2.12. The van der Waals surface area contributed by atoms with Gasteiger partial charge in [0.15, 0.2) is 5.75 Å². The molecule has 0 atom stereocenters. The van der Waals surface area contributed by atoms with E-state index in [1.165, 1.54) is 11.3 Å². The Bertz CT molecular complexity index is 595. The summed E-state index contributed by atoms with van der Waals surface area (Å²) in [6.07, 6.45) is 1.63. The molecule has 0 saturated heterocycles. The number of aromatic hydroxyl groups is 1. The molecule has 0 unspecified atom stereocenters. The summed E-state index contributed by atoms with van der Waals surface area (Å²) in [7, 11) is 0. The lowest BCUT2D eigenvalue weighted by molar-refractivity contribution is 0.474. The van der Waals surface area contributed by atoms with Crippen LogP contribution >= 0.6 is 22.9 Å². The lowest BCUT2D eigenvalue weighted by atomic mass is 10.3. The zero-order chi connectivity index (χ0) is 11.0. The summed E-state index contributed by atoms with van der Waals surface area (Å²) in [5.74, 6) is -0.0935. The molecule has 5 heteroatoms. The highest BCUT2D eigenvalue weighted by molar-refractivity contribution is 7.13. The minimum atomic E-state index is -0.0935. The van der Waals surface area contributed by atoms with Crippen molar-refractivity contribution in [2.45, 2.75) is 0 Å². The topological polar surface area (TPSA) is 46.0 Å². The van der Waals surface area contributed by atoms with Crippen molar-refractivity contribution in [3.05, 3.63) is 27.2 Å². The number of hydrogen-bond acceptors (Lipinski definition) is 4. The van der Waals surface area contributed by atoms with Gasteiger partial charge in [0.25, 0.3) is 0 Å². The van der Waals surface area contributed by atoms with Crippen LogP contribution in [0.2, 0.25) is 5.02 Å². The van der Waals surface area contributed by atoms with E-state index in [1.54, 1.807) is 11.6 Å². The maximum Gasteiger partial charge on any atom is 0.163 e. The van der Waals surface area contributed by atoms with Crippen molar-refractivity contribution in [1.29, 1.82) is 0 Å². The Morgan fingerprint density at radius 3 is 2.73 bits per heavy atom. The third-order valence-electron chi connectivity index (χ3n) is 1.93. The fourth-order valence-corrected chi connectivity index (χ4v) is 1.94. The van der Waals surface area contributed by atoms with E-state index in [2.05, 4.69) is 23.1 Å². The van der Waals surface area contributed by atoms with E-state index in [1.807, 2.05) is 0 Å². The molecule has 15 heavy (non-hydrogen) atoms. The molecule has 0 aromatic carbocycles. The van der Waals surface area contributed by atoms with E-state index in [4.69, 9.17) is 11.6 Å². The van der Waals surface area contributed by atoms with E-state index in [-0.39, 0.29) is 10.8 Å². The second kappa shape index (κ2) is 3.64. The van der Waals surface area contributed by atoms with Crippen molar-refractivity contribution >= 4 is 36.1 Å². The largest absolute Gasteiger partial charge is 0.504 e. The first-order valence-corrected chi connectivity index (χ1v) is 5.33. The van der Waals surface area contributed by atoms with Crippen LogP contribution in [0.25, 0.3) is 23.9 Å². The molecule has 1 N–H and O–H groups in total. The Hall–Kier alpha value is -1.39. The molecule has 2 rings (SSSR count). The van der Waals surface area contributed by atoms with E-state index in [0.29, 0.717) is 21.3 Å². The zero-order valence-electron chi connectivity index (χ0n) is 7.70. The number of rotatable bonds is 1. The number of hydrogen-bond donors (Lipinski definition) is 1. The maximum atomic E-state index is 9.78. The summed E-state index contributed by atoms with van der Waals surface area (Å²) >= 11 is 7.26. The van der Waals surface area contributed by atoms with Crippen LogP contribution in [0.5, 0.6) is 5.75 Å². The number of pyridine rings is 1. The Labute approximate surface area is 95.0 Å². The van der Waals surface area contributed by atoms with Gasteiger partial charge in [-0.15, -0.1) is 11.3 Å². The predicted molar refractivity (Wildman–Crippen MR) is 62.3 cm³/mol. The molecule has 0 amide bonds. The standard InChI is InChI=1S/C10H7ClN2OS/c1-5-6(2)13-8(9(14)7(5)11)10-12-3-4-15-10/h3-4,14H,1-2H2. The number of halogens is 1. The normalized spacial score (nSPS) is 10.5. The summed E-state index contributed by atoms with van der Waals surface area (Å²) in [6, 6.07) is 0. The average molecular weight is 239 g/mol. The predicted octanol–water partition coefficient (Wildman–Crippen LogP) is 1.38. The van der Waals surface area contributed by atoms with Crippen molar-refractivity contribution in [2.24, 2.45) is 0 Å². The molecular formula is C10H7ClN2OS. The van der Waals surface area contributed by atoms with Crippen molar-refractivity contribution in [3.63, 3.8) is 0 Å². The van der Waals surface area contributed by atoms with E-state index >= 15 is 0 Å². The van der Waals surface area contributed by atoms with Crippen LogP contribution in [0, 0.1) is 0 Å². The third-order valence-corrected chi connectivity index (χ3v) is 3.11. The third kappa shape index (κ3) is 1.62. The lowest BCUT2D eigenvalue weighted by Crippen LogP contribution is -2.26. The summed E-state index contributed by atoms with van der Waals surface area (Å²) in [6.45, 7) is 7.37. The summed E-state index contributed by atoms with van der Waals surface area (Å²) < 4.78 is 0. The summed E-state index contributed by atoms with van der Waals surface area (Å²) in [4.78, 5) is 8.16. The quantitative estimate of drug-likeness (QED) is 0.817. The van der Waals surface area contributed by atoms with Crippen molar-refractivity contribution in [3.8, 4) is 16.5 Å².